The van der Waals surface area contributed by atoms with Gasteiger partial charge in [-0.3, -0.25) is 4.79 Å². The number of anilines is 1. The molecule has 7 heteroatoms. The summed E-state index contributed by atoms with van der Waals surface area (Å²) in [6, 6.07) is 0.0587. The first-order chi connectivity index (χ1) is 9.40. The third-order valence-corrected chi connectivity index (χ3v) is 2.89. The van der Waals surface area contributed by atoms with E-state index in [1.54, 1.807) is 0 Å². The molecule has 0 saturated heterocycles. The Morgan fingerprint density at radius 2 is 1.60 bits per heavy atom. The monoisotopic (exact) mass is 292 g/mol. The smallest absolute Gasteiger partial charge is 0.239 e. The van der Waals surface area contributed by atoms with Gasteiger partial charge in [0.05, 0.1) is 6.54 Å². The molecule has 0 aliphatic heterocycles. The van der Waals surface area contributed by atoms with Crippen molar-refractivity contribution in [3.8, 4) is 0 Å². The second kappa shape index (κ2) is 7.12. The predicted molar refractivity (Wildman–Crippen MR) is 67.3 cm³/mol. The van der Waals surface area contributed by atoms with Crippen LogP contribution in [0.4, 0.5) is 23.2 Å². The van der Waals surface area contributed by atoms with Crippen molar-refractivity contribution in [3.05, 3.63) is 29.3 Å². The minimum absolute atomic E-state index is 0.0526. The summed E-state index contributed by atoms with van der Waals surface area (Å²) in [5, 5.41) is 4.70. The molecule has 2 N–H and O–H groups in total. The fraction of sp³-hybridized carbons (Fsp3) is 0.462. The average Bonchev–Trinajstić information content (AvgIpc) is 2.42. The standard InChI is InChI=1S/C13H16F4N2O/c1-3-7(4-2)19-10(20)6-18-13-11(16)8(14)5-9(15)12(13)17/h5,7,18H,3-4,6H2,1-2H3,(H,19,20). The Balaban J connectivity index is 2.73. The third-order valence-electron chi connectivity index (χ3n) is 2.89. The fourth-order valence-corrected chi connectivity index (χ4v) is 1.67. The van der Waals surface area contributed by atoms with Gasteiger partial charge in [0.25, 0.3) is 0 Å². The molecule has 1 amide bonds. The SMILES string of the molecule is CCC(CC)NC(=O)CNc1c(F)c(F)cc(F)c1F. The first-order valence-corrected chi connectivity index (χ1v) is 6.26. The maximum atomic E-state index is 13.3. The number of halogens is 4. The Morgan fingerprint density at radius 1 is 1.10 bits per heavy atom. The molecular formula is C13H16F4N2O. The van der Waals surface area contributed by atoms with E-state index in [2.05, 4.69) is 10.6 Å². The number of carbonyl (C=O) groups is 1. The van der Waals surface area contributed by atoms with Crippen molar-refractivity contribution in [2.75, 3.05) is 11.9 Å². The van der Waals surface area contributed by atoms with Gasteiger partial charge in [0.15, 0.2) is 23.3 Å². The maximum absolute atomic E-state index is 13.3. The van der Waals surface area contributed by atoms with E-state index in [1.165, 1.54) is 0 Å². The van der Waals surface area contributed by atoms with Crippen LogP contribution in [0.2, 0.25) is 0 Å². The number of hydrogen-bond donors (Lipinski definition) is 2. The van der Waals surface area contributed by atoms with Crippen LogP contribution in [0.25, 0.3) is 0 Å². The van der Waals surface area contributed by atoms with Gasteiger partial charge in [-0.25, -0.2) is 17.6 Å². The van der Waals surface area contributed by atoms with Crippen molar-refractivity contribution >= 4 is 11.6 Å². The van der Waals surface area contributed by atoms with E-state index in [0.717, 1.165) is 0 Å². The molecule has 0 atom stereocenters. The first-order valence-electron chi connectivity index (χ1n) is 6.26. The number of amides is 1. The lowest BCUT2D eigenvalue weighted by Crippen LogP contribution is -2.37. The van der Waals surface area contributed by atoms with E-state index >= 15 is 0 Å². The molecule has 20 heavy (non-hydrogen) atoms. The fourth-order valence-electron chi connectivity index (χ4n) is 1.67. The molecule has 0 heterocycles. The molecule has 3 nitrogen and oxygen atoms in total. The summed E-state index contributed by atoms with van der Waals surface area (Å²) in [5.74, 6) is -6.67. The van der Waals surface area contributed by atoms with Gasteiger partial charge >= 0.3 is 0 Å². The molecule has 1 aromatic carbocycles. The van der Waals surface area contributed by atoms with E-state index < -0.39 is 41.4 Å². The van der Waals surface area contributed by atoms with Gasteiger partial charge < -0.3 is 10.6 Å². The van der Waals surface area contributed by atoms with Gasteiger partial charge in [0.2, 0.25) is 5.91 Å². The van der Waals surface area contributed by atoms with E-state index in [1.807, 2.05) is 13.8 Å². The predicted octanol–water partition coefficient (Wildman–Crippen LogP) is 2.96. The zero-order valence-corrected chi connectivity index (χ0v) is 11.2. The lowest BCUT2D eigenvalue weighted by atomic mass is 10.2. The molecule has 0 spiro atoms. The van der Waals surface area contributed by atoms with Crippen molar-refractivity contribution in [2.24, 2.45) is 0 Å². The Bertz CT molecular complexity index is 463. The maximum Gasteiger partial charge on any atom is 0.239 e. The van der Waals surface area contributed by atoms with Gasteiger partial charge in [0.1, 0.15) is 5.69 Å². The molecule has 0 aliphatic rings. The van der Waals surface area contributed by atoms with Crippen molar-refractivity contribution in [1.29, 1.82) is 0 Å². The number of nitrogens with one attached hydrogen (secondary N) is 2. The Kier molecular flexibility index (Phi) is 5.79. The normalized spacial score (nSPS) is 10.8. The quantitative estimate of drug-likeness (QED) is 0.625. The summed E-state index contributed by atoms with van der Waals surface area (Å²) >= 11 is 0. The van der Waals surface area contributed by atoms with Crippen molar-refractivity contribution in [3.63, 3.8) is 0 Å². The molecular weight excluding hydrogens is 276 g/mol. The van der Waals surface area contributed by atoms with Crippen LogP contribution in [0, 0.1) is 23.3 Å². The van der Waals surface area contributed by atoms with Crippen LogP contribution in [-0.2, 0) is 4.79 Å². The lowest BCUT2D eigenvalue weighted by Gasteiger charge is -2.15. The van der Waals surface area contributed by atoms with Crippen LogP contribution >= 0.6 is 0 Å². The van der Waals surface area contributed by atoms with E-state index in [9.17, 15) is 22.4 Å². The van der Waals surface area contributed by atoms with Crippen LogP contribution < -0.4 is 10.6 Å². The van der Waals surface area contributed by atoms with Crippen molar-refractivity contribution in [1.82, 2.24) is 5.32 Å². The van der Waals surface area contributed by atoms with E-state index in [0.29, 0.717) is 12.8 Å². The zero-order chi connectivity index (χ0) is 15.3. The van der Waals surface area contributed by atoms with Gasteiger partial charge in [-0.15, -0.1) is 0 Å². The summed E-state index contributed by atoms with van der Waals surface area (Å²) in [4.78, 5) is 11.5. The Morgan fingerprint density at radius 3 is 2.05 bits per heavy atom. The van der Waals surface area contributed by atoms with Gasteiger partial charge in [-0.05, 0) is 12.8 Å². The summed E-state index contributed by atoms with van der Waals surface area (Å²) in [6.07, 6.45) is 1.42. The molecule has 1 rings (SSSR count). The Labute approximate surface area is 114 Å². The minimum atomic E-state index is -1.56. The zero-order valence-electron chi connectivity index (χ0n) is 11.2. The first kappa shape index (κ1) is 16.3. The van der Waals surface area contributed by atoms with Crippen LogP contribution in [0.5, 0.6) is 0 Å². The van der Waals surface area contributed by atoms with Crippen LogP contribution in [0.1, 0.15) is 26.7 Å². The number of carbonyl (C=O) groups excluding carboxylic acids is 1. The van der Waals surface area contributed by atoms with Gasteiger partial charge in [-0.1, -0.05) is 13.8 Å². The van der Waals surface area contributed by atoms with Crippen LogP contribution in [0.15, 0.2) is 6.07 Å². The molecule has 112 valence electrons. The van der Waals surface area contributed by atoms with Crippen LogP contribution in [-0.4, -0.2) is 18.5 Å². The lowest BCUT2D eigenvalue weighted by molar-refractivity contribution is -0.120. The van der Waals surface area contributed by atoms with E-state index in [-0.39, 0.29) is 12.1 Å². The molecule has 0 bridgehead atoms. The summed E-state index contributed by atoms with van der Waals surface area (Å²) < 4.78 is 52.5. The molecule has 0 aromatic heterocycles. The second-order valence-corrected chi connectivity index (χ2v) is 4.28. The highest BCUT2D eigenvalue weighted by atomic mass is 19.2. The second-order valence-electron chi connectivity index (χ2n) is 4.28. The summed E-state index contributed by atoms with van der Waals surface area (Å²) in [5.41, 5.74) is -0.984. The summed E-state index contributed by atoms with van der Waals surface area (Å²) in [7, 11) is 0. The van der Waals surface area contributed by atoms with Crippen LogP contribution in [0.3, 0.4) is 0 Å². The Hall–Kier alpha value is -1.79. The highest BCUT2D eigenvalue weighted by Crippen LogP contribution is 2.23. The molecule has 1 aromatic rings. The average molecular weight is 292 g/mol. The van der Waals surface area contributed by atoms with Crippen molar-refractivity contribution in [2.45, 2.75) is 32.7 Å². The highest BCUT2D eigenvalue weighted by molar-refractivity contribution is 5.81. The van der Waals surface area contributed by atoms with E-state index in [4.69, 9.17) is 0 Å². The molecule has 0 fully saturated rings. The summed E-state index contributed by atoms with van der Waals surface area (Å²) in [6.45, 7) is 3.28. The molecule has 0 radical (unpaired) electrons. The largest absolute Gasteiger partial charge is 0.371 e. The van der Waals surface area contributed by atoms with Crippen molar-refractivity contribution < 1.29 is 22.4 Å². The van der Waals surface area contributed by atoms with Gasteiger partial charge in [0, 0.05) is 12.1 Å². The highest BCUT2D eigenvalue weighted by Gasteiger charge is 2.19. The molecule has 0 unspecified atom stereocenters. The molecule has 0 aliphatic carbocycles. The number of rotatable bonds is 6. The molecule has 0 saturated carbocycles. The number of benzene rings is 1. The van der Waals surface area contributed by atoms with Gasteiger partial charge in [-0.2, -0.15) is 0 Å². The third kappa shape index (κ3) is 3.85. The topological polar surface area (TPSA) is 41.1 Å². The minimum Gasteiger partial charge on any atom is -0.371 e. The number of hydrogen-bond acceptors (Lipinski definition) is 2.